The van der Waals surface area contributed by atoms with Gasteiger partial charge in [0.05, 0.1) is 18.3 Å². The Labute approximate surface area is 154 Å². The van der Waals surface area contributed by atoms with Crippen molar-refractivity contribution in [3.05, 3.63) is 18.7 Å². The van der Waals surface area contributed by atoms with E-state index in [4.69, 9.17) is 4.74 Å². The van der Waals surface area contributed by atoms with Crippen molar-refractivity contribution >= 4 is 12.1 Å². The molecule has 19 heavy (non-hydrogen) atoms. The molecule has 0 aliphatic heterocycles. The zero-order chi connectivity index (χ0) is 13.8. The molecule has 0 saturated carbocycles. The van der Waals surface area contributed by atoms with Gasteiger partial charge in [-0.3, -0.25) is 0 Å². The van der Waals surface area contributed by atoms with Gasteiger partial charge in [-0.05, 0) is 20.8 Å². The number of imidazole rings is 1. The Morgan fingerprint density at radius 1 is 1.47 bits per heavy atom. The number of alkyl carbamates (subject to hydrolysis) is 1. The summed E-state index contributed by atoms with van der Waals surface area (Å²) < 4.78 is 6.50. The van der Waals surface area contributed by atoms with E-state index in [1.807, 2.05) is 0 Å². The summed E-state index contributed by atoms with van der Waals surface area (Å²) in [7, 11) is 0. The van der Waals surface area contributed by atoms with Gasteiger partial charge in [0.15, 0.2) is 0 Å². The first-order valence-corrected chi connectivity index (χ1v) is 5.44. The molecule has 0 aromatic carbocycles. The molecule has 0 aliphatic carbocycles. The summed E-state index contributed by atoms with van der Waals surface area (Å²) in [6.45, 7) is 5.10. The molecule has 0 saturated heterocycles. The van der Waals surface area contributed by atoms with Gasteiger partial charge in [0.25, 0.3) is 0 Å². The quantitative estimate of drug-likeness (QED) is 0.582. The van der Waals surface area contributed by atoms with E-state index in [2.05, 4.69) is 10.3 Å². The number of aromatic nitrogens is 2. The summed E-state index contributed by atoms with van der Waals surface area (Å²) in [6, 6.07) is -1.17. The first-order valence-electron chi connectivity index (χ1n) is 5.44. The van der Waals surface area contributed by atoms with Crippen LogP contribution in [0.1, 0.15) is 20.8 Å². The molecule has 1 aromatic heterocycles. The van der Waals surface area contributed by atoms with Crippen molar-refractivity contribution in [2.45, 2.75) is 39.0 Å². The van der Waals surface area contributed by atoms with E-state index in [0.29, 0.717) is 0 Å². The van der Waals surface area contributed by atoms with Crippen LogP contribution in [0.5, 0.6) is 0 Å². The maximum Gasteiger partial charge on any atom is 1.00 e. The Bertz CT molecular complexity index is 414. The molecule has 100 valence electrons. The van der Waals surface area contributed by atoms with Crippen LogP contribution in [0, 0.1) is 0 Å². The van der Waals surface area contributed by atoms with Crippen LogP contribution in [-0.2, 0) is 16.1 Å². The Hall–Kier alpha value is -0.414. The van der Waals surface area contributed by atoms with Crippen LogP contribution >= 0.6 is 0 Å². The van der Waals surface area contributed by atoms with Gasteiger partial charge < -0.3 is 24.5 Å². The SMILES string of the molecule is CC(C)(C)OC(=O)N[C@H](Cn1ccnc1)C(=O)[O-].[K+]. The molecule has 0 fully saturated rings. The van der Waals surface area contributed by atoms with Crippen LogP contribution in [0.4, 0.5) is 4.79 Å². The summed E-state index contributed by atoms with van der Waals surface area (Å²) in [5, 5.41) is 13.2. The number of nitrogens with one attached hydrogen (secondary N) is 1. The third-order valence-corrected chi connectivity index (χ3v) is 1.93. The molecule has 1 atom stereocenters. The maximum absolute atomic E-state index is 11.5. The molecule has 1 amide bonds. The molecule has 1 N–H and O–H groups in total. The van der Waals surface area contributed by atoms with Crippen LogP contribution in [0.2, 0.25) is 0 Å². The summed E-state index contributed by atoms with van der Waals surface area (Å²) >= 11 is 0. The number of carbonyl (C=O) groups excluding carboxylic acids is 2. The summed E-state index contributed by atoms with van der Waals surface area (Å²) in [6.07, 6.45) is 3.76. The van der Waals surface area contributed by atoms with Crippen LogP contribution < -0.4 is 61.8 Å². The normalized spacial score (nSPS) is 12.2. The fourth-order valence-corrected chi connectivity index (χ4v) is 1.23. The number of carbonyl (C=O) groups is 2. The Morgan fingerprint density at radius 2 is 2.11 bits per heavy atom. The number of aliphatic carboxylic acids is 1. The molecular weight excluding hydrogens is 277 g/mol. The van der Waals surface area contributed by atoms with Crippen molar-refractivity contribution < 1.29 is 70.8 Å². The molecule has 7 nitrogen and oxygen atoms in total. The molecule has 0 aliphatic rings. The average molecular weight is 293 g/mol. The van der Waals surface area contributed by atoms with Gasteiger partial charge >= 0.3 is 57.5 Å². The number of nitrogens with zero attached hydrogens (tertiary/aromatic N) is 2. The van der Waals surface area contributed by atoms with Gasteiger partial charge in [0.1, 0.15) is 5.60 Å². The standard InChI is InChI=1S/C11H17N3O4.K/c1-11(2,3)18-10(17)13-8(9(15)16)6-14-5-4-12-7-14;/h4-5,7-8H,6H2,1-3H3,(H,13,17)(H,15,16);/q;+1/p-1/t8-;/m1./s1. The number of hydrogen-bond acceptors (Lipinski definition) is 5. The minimum absolute atomic E-state index is 0. The monoisotopic (exact) mass is 293 g/mol. The molecule has 0 unspecified atom stereocenters. The number of rotatable bonds is 4. The van der Waals surface area contributed by atoms with E-state index in [9.17, 15) is 14.7 Å². The molecule has 0 radical (unpaired) electrons. The fraction of sp³-hybridized carbons (Fsp3) is 0.545. The molecule has 0 spiro atoms. The molecule has 1 heterocycles. The predicted octanol–water partition coefficient (Wildman–Crippen LogP) is -3.47. The average Bonchev–Trinajstić information content (AvgIpc) is 2.66. The first-order chi connectivity index (χ1) is 8.28. The largest absolute Gasteiger partial charge is 1.00 e. The maximum atomic E-state index is 11.5. The minimum atomic E-state index is -1.38. The third kappa shape index (κ3) is 7.68. The van der Waals surface area contributed by atoms with Crippen molar-refractivity contribution in [1.29, 1.82) is 0 Å². The van der Waals surface area contributed by atoms with Crippen molar-refractivity contribution in [3.8, 4) is 0 Å². The van der Waals surface area contributed by atoms with Gasteiger partial charge in [-0.25, -0.2) is 9.78 Å². The fourth-order valence-electron chi connectivity index (χ4n) is 1.23. The van der Waals surface area contributed by atoms with Crippen molar-refractivity contribution in [2.75, 3.05) is 0 Å². The van der Waals surface area contributed by atoms with Gasteiger partial charge in [-0.15, -0.1) is 0 Å². The molecule has 8 heteroatoms. The Kier molecular flexibility index (Phi) is 7.83. The number of carboxylic acids is 1. The van der Waals surface area contributed by atoms with Crippen LogP contribution in [0.15, 0.2) is 18.7 Å². The second-order valence-electron chi connectivity index (χ2n) is 4.78. The van der Waals surface area contributed by atoms with Gasteiger partial charge in [-0.2, -0.15) is 0 Å². The zero-order valence-electron chi connectivity index (χ0n) is 11.5. The molecule has 0 bridgehead atoms. The summed E-state index contributed by atoms with van der Waals surface area (Å²) in [4.78, 5) is 26.1. The van der Waals surface area contributed by atoms with E-state index in [1.54, 1.807) is 27.0 Å². The van der Waals surface area contributed by atoms with Gasteiger partial charge in [-0.1, -0.05) is 0 Å². The Balaban J connectivity index is 0.00000324. The van der Waals surface area contributed by atoms with Crippen LogP contribution in [-0.4, -0.2) is 33.3 Å². The number of ether oxygens (including phenoxy) is 1. The van der Waals surface area contributed by atoms with Crippen LogP contribution in [0.3, 0.4) is 0 Å². The van der Waals surface area contributed by atoms with Gasteiger partial charge in [0.2, 0.25) is 0 Å². The van der Waals surface area contributed by atoms with Crippen molar-refractivity contribution in [2.24, 2.45) is 0 Å². The predicted molar refractivity (Wildman–Crippen MR) is 60.4 cm³/mol. The Morgan fingerprint density at radius 3 is 2.53 bits per heavy atom. The van der Waals surface area contributed by atoms with E-state index < -0.39 is 23.7 Å². The second kappa shape index (κ2) is 8.00. The summed E-state index contributed by atoms with van der Waals surface area (Å²) in [5.74, 6) is -1.38. The number of amides is 1. The van der Waals surface area contributed by atoms with E-state index in [0.717, 1.165) is 0 Å². The second-order valence-corrected chi connectivity index (χ2v) is 4.78. The molecule has 1 aromatic rings. The molecular formula is C11H16KN3O4. The van der Waals surface area contributed by atoms with Gasteiger partial charge in [0, 0.05) is 18.9 Å². The zero-order valence-corrected chi connectivity index (χ0v) is 14.7. The third-order valence-electron chi connectivity index (χ3n) is 1.93. The van der Waals surface area contributed by atoms with E-state index >= 15 is 0 Å². The van der Waals surface area contributed by atoms with Crippen molar-refractivity contribution in [3.63, 3.8) is 0 Å². The smallest absolute Gasteiger partial charge is 0.548 e. The first kappa shape index (κ1) is 18.6. The topological polar surface area (TPSA) is 96.3 Å². The van der Waals surface area contributed by atoms with Crippen LogP contribution in [0.25, 0.3) is 0 Å². The summed E-state index contributed by atoms with van der Waals surface area (Å²) in [5.41, 5.74) is -0.685. The number of hydrogen-bond donors (Lipinski definition) is 1. The number of carboxylic acid groups (broad SMARTS) is 1. The molecule has 1 rings (SSSR count). The van der Waals surface area contributed by atoms with E-state index in [-0.39, 0.29) is 57.9 Å². The van der Waals surface area contributed by atoms with Crippen molar-refractivity contribution in [1.82, 2.24) is 14.9 Å². The van der Waals surface area contributed by atoms with E-state index in [1.165, 1.54) is 17.1 Å². The minimum Gasteiger partial charge on any atom is -0.548 e.